The van der Waals surface area contributed by atoms with Gasteiger partial charge in [-0.15, -0.1) is 0 Å². The molecule has 1 aliphatic heterocycles. The number of rotatable bonds is 13. The maximum atomic E-state index is 13.4. The lowest BCUT2D eigenvalue weighted by molar-refractivity contribution is -0.137. The van der Waals surface area contributed by atoms with Crippen LogP contribution in [0, 0.1) is 0 Å². The molecular formula is C33H37N3O5. The van der Waals surface area contributed by atoms with Gasteiger partial charge < -0.3 is 24.0 Å². The topological polar surface area (TPSA) is 84.2 Å². The number of nitrogens with zero attached hydrogens (tertiary/aromatic N) is 3. The highest BCUT2D eigenvalue weighted by Crippen LogP contribution is 2.28. The minimum Gasteiger partial charge on any atom is -0.495 e. The van der Waals surface area contributed by atoms with E-state index in [-0.39, 0.29) is 12.2 Å². The number of ketones is 1. The molecule has 4 aromatic rings. The van der Waals surface area contributed by atoms with Crippen molar-refractivity contribution in [3.8, 4) is 11.5 Å². The number of ether oxygens (including phenoxy) is 2. The molecule has 0 aliphatic carbocycles. The van der Waals surface area contributed by atoms with Crippen LogP contribution in [0.15, 0.2) is 79.0 Å². The van der Waals surface area contributed by atoms with Gasteiger partial charge in [0, 0.05) is 73.9 Å². The second-order valence-corrected chi connectivity index (χ2v) is 10.3. The van der Waals surface area contributed by atoms with Crippen molar-refractivity contribution in [2.24, 2.45) is 0 Å². The van der Waals surface area contributed by atoms with Crippen LogP contribution in [0.2, 0.25) is 0 Å². The highest BCUT2D eigenvalue weighted by molar-refractivity contribution is 6.16. The molecule has 41 heavy (non-hydrogen) atoms. The molecule has 1 aromatic heterocycles. The number of carboxylic acid groups (broad SMARTS) is 1. The second-order valence-electron chi connectivity index (χ2n) is 10.3. The number of benzene rings is 3. The van der Waals surface area contributed by atoms with Crippen molar-refractivity contribution in [2.75, 3.05) is 51.3 Å². The number of carboxylic acids is 1. The molecule has 1 fully saturated rings. The largest absolute Gasteiger partial charge is 0.495 e. The number of para-hydroxylation sites is 3. The van der Waals surface area contributed by atoms with Gasteiger partial charge >= 0.3 is 5.97 Å². The molecule has 1 saturated heterocycles. The van der Waals surface area contributed by atoms with Crippen LogP contribution < -0.4 is 14.4 Å². The highest BCUT2D eigenvalue weighted by Gasteiger charge is 2.20. The Balaban J connectivity index is 1.10. The van der Waals surface area contributed by atoms with Gasteiger partial charge in [-0.05, 0) is 55.3 Å². The summed E-state index contributed by atoms with van der Waals surface area (Å²) in [6, 6.07) is 23.2. The van der Waals surface area contributed by atoms with Crippen molar-refractivity contribution < 1.29 is 24.2 Å². The van der Waals surface area contributed by atoms with E-state index in [2.05, 4.69) is 21.9 Å². The van der Waals surface area contributed by atoms with Crippen LogP contribution in [0.1, 0.15) is 35.2 Å². The summed E-state index contributed by atoms with van der Waals surface area (Å²) in [5, 5.41) is 9.85. The summed E-state index contributed by atoms with van der Waals surface area (Å²) in [6.45, 7) is 6.09. The van der Waals surface area contributed by atoms with Crippen molar-refractivity contribution in [3.63, 3.8) is 0 Å². The van der Waals surface area contributed by atoms with Gasteiger partial charge in [0.15, 0.2) is 5.78 Å². The van der Waals surface area contributed by atoms with Gasteiger partial charge in [-0.3, -0.25) is 14.5 Å². The molecule has 8 heteroatoms. The zero-order chi connectivity index (χ0) is 28.6. The van der Waals surface area contributed by atoms with E-state index in [1.54, 1.807) is 7.11 Å². The van der Waals surface area contributed by atoms with Crippen LogP contribution in [-0.4, -0.2) is 72.8 Å². The molecular weight excluding hydrogens is 518 g/mol. The molecule has 0 atom stereocenters. The Labute approximate surface area is 240 Å². The van der Waals surface area contributed by atoms with E-state index < -0.39 is 5.97 Å². The van der Waals surface area contributed by atoms with Crippen LogP contribution in [0.5, 0.6) is 11.5 Å². The van der Waals surface area contributed by atoms with Crippen LogP contribution in [0.3, 0.4) is 0 Å². The van der Waals surface area contributed by atoms with Crippen molar-refractivity contribution in [3.05, 3.63) is 90.1 Å². The fourth-order valence-corrected chi connectivity index (χ4v) is 5.45. The van der Waals surface area contributed by atoms with E-state index >= 15 is 0 Å². The molecule has 0 spiro atoms. The average Bonchev–Trinajstić information content (AvgIpc) is 3.38. The quantitative estimate of drug-likeness (QED) is 0.176. The first-order chi connectivity index (χ1) is 20.0. The van der Waals surface area contributed by atoms with E-state index in [1.807, 2.05) is 71.4 Å². The standard InChI is InChI=1S/C33H37N3O5/c1-40-31-11-5-4-10-30(31)35-21-19-34(20-22-35)17-7-23-41-26-15-13-25(14-16-26)33(39)28-24-36(18-6-12-32(37)38)29-9-3-2-8-27(28)29/h2-5,8-11,13-16,24H,6-7,12,17-23H2,1H3,(H,37,38). The summed E-state index contributed by atoms with van der Waals surface area (Å²) in [4.78, 5) is 29.2. The third kappa shape index (κ3) is 6.89. The maximum Gasteiger partial charge on any atom is 0.303 e. The highest BCUT2D eigenvalue weighted by atomic mass is 16.5. The first-order valence-electron chi connectivity index (χ1n) is 14.2. The lowest BCUT2D eigenvalue weighted by atomic mass is 10.0. The number of aliphatic carboxylic acids is 1. The molecule has 214 valence electrons. The molecule has 0 amide bonds. The molecule has 0 radical (unpaired) electrons. The van der Waals surface area contributed by atoms with E-state index in [4.69, 9.17) is 14.6 Å². The van der Waals surface area contributed by atoms with Crippen molar-refractivity contribution in [1.82, 2.24) is 9.47 Å². The van der Waals surface area contributed by atoms with Crippen LogP contribution in [0.25, 0.3) is 10.9 Å². The lowest BCUT2D eigenvalue weighted by Crippen LogP contribution is -2.46. The van der Waals surface area contributed by atoms with Gasteiger partial charge in [0.05, 0.1) is 19.4 Å². The summed E-state index contributed by atoms with van der Waals surface area (Å²) >= 11 is 0. The SMILES string of the molecule is COc1ccccc1N1CCN(CCCOc2ccc(C(=O)c3cn(CCCC(=O)O)c4ccccc34)cc2)CC1. The maximum absolute atomic E-state index is 13.4. The van der Waals surface area contributed by atoms with E-state index in [0.29, 0.717) is 30.7 Å². The Morgan fingerprint density at radius 1 is 0.854 bits per heavy atom. The predicted octanol–water partition coefficient (Wildman–Crippen LogP) is 5.34. The van der Waals surface area contributed by atoms with Gasteiger partial charge in [-0.25, -0.2) is 0 Å². The molecule has 8 nitrogen and oxygen atoms in total. The molecule has 1 aliphatic rings. The first-order valence-corrected chi connectivity index (χ1v) is 14.2. The average molecular weight is 556 g/mol. The zero-order valence-corrected chi connectivity index (χ0v) is 23.5. The van der Waals surface area contributed by atoms with Crippen LogP contribution in [0.4, 0.5) is 5.69 Å². The summed E-state index contributed by atoms with van der Waals surface area (Å²) in [5.41, 5.74) is 3.30. The molecule has 0 saturated carbocycles. The molecule has 0 bridgehead atoms. The summed E-state index contributed by atoms with van der Waals surface area (Å²) < 4.78 is 13.5. The Kier molecular flexibility index (Phi) is 9.21. The van der Waals surface area contributed by atoms with Crippen molar-refractivity contribution in [1.29, 1.82) is 0 Å². The number of aryl methyl sites for hydroxylation is 1. The monoisotopic (exact) mass is 555 g/mol. The Morgan fingerprint density at radius 2 is 1.59 bits per heavy atom. The molecule has 3 aromatic carbocycles. The number of aromatic nitrogens is 1. The number of fused-ring (bicyclic) bond motifs is 1. The smallest absolute Gasteiger partial charge is 0.303 e. The first kappa shape index (κ1) is 28.2. The van der Waals surface area contributed by atoms with Crippen LogP contribution >= 0.6 is 0 Å². The van der Waals surface area contributed by atoms with Gasteiger partial charge in [0.25, 0.3) is 0 Å². The molecule has 1 N–H and O–H groups in total. The van der Waals surface area contributed by atoms with Crippen molar-refractivity contribution >= 4 is 28.3 Å². The number of anilines is 1. The van der Waals surface area contributed by atoms with E-state index in [0.717, 1.165) is 67.2 Å². The third-order valence-corrected chi connectivity index (χ3v) is 7.62. The van der Waals surface area contributed by atoms with E-state index in [1.165, 1.54) is 0 Å². The fraction of sp³-hybridized carbons (Fsp3) is 0.333. The number of methoxy groups -OCH3 is 1. The number of piperazine rings is 1. The van der Waals surface area contributed by atoms with Gasteiger partial charge in [0.2, 0.25) is 0 Å². The molecule has 2 heterocycles. The normalized spacial score (nSPS) is 13.8. The Morgan fingerprint density at radius 3 is 2.34 bits per heavy atom. The Bertz CT molecular complexity index is 1470. The second kappa shape index (κ2) is 13.4. The summed E-state index contributed by atoms with van der Waals surface area (Å²) in [7, 11) is 1.72. The molecule has 5 rings (SSSR count). The number of carbonyl (C=O) groups is 2. The number of carbonyl (C=O) groups excluding carboxylic acids is 1. The minimum absolute atomic E-state index is 0.0583. The zero-order valence-electron chi connectivity index (χ0n) is 23.5. The van der Waals surface area contributed by atoms with E-state index in [9.17, 15) is 9.59 Å². The number of hydrogen-bond acceptors (Lipinski definition) is 6. The van der Waals surface area contributed by atoms with Gasteiger partial charge in [-0.2, -0.15) is 0 Å². The fourth-order valence-electron chi connectivity index (χ4n) is 5.45. The third-order valence-electron chi connectivity index (χ3n) is 7.62. The van der Waals surface area contributed by atoms with Gasteiger partial charge in [0.1, 0.15) is 11.5 Å². The molecule has 0 unspecified atom stereocenters. The minimum atomic E-state index is -0.817. The van der Waals surface area contributed by atoms with Crippen molar-refractivity contribution in [2.45, 2.75) is 25.8 Å². The summed E-state index contributed by atoms with van der Waals surface area (Å²) in [5.74, 6) is 0.792. The number of hydrogen-bond donors (Lipinski definition) is 1. The van der Waals surface area contributed by atoms with Gasteiger partial charge in [-0.1, -0.05) is 30.3 Å². The summed E-state index contributed by atoms with van der Waals surface area (Å²) in [6.07, 6.45) is 3.37. The Hall–Kier alpha value is -4.30. The van der Waals surface area contributed by atoms with Crippen LogP contribution in [-0.2, 0) is 11.3 Å². The predicted molar refractivity (Wildman–Crippen MR) is 160 cm³/mol. The lowest BCUT2D eigenvalue weighted by Gasteiger charge is -2.36.